The predicted molar refractivity (Wildman–Crippen MR) is 97.8 cm³/mol. The fourth-order valence-corrected chi connectivity index (χ4v) is 3.52. The summed E-state index contributed by atoms with van der Waals surface area (Å²) < 4.78 is 4.97. The standard InChI is InChI=1S/C19H21ClN2O4/c1-2-26-19(25)12-7-6-10-14(11-12)22-17(23)15(20)16(18(22)24)21-13-8-4-3-5-9-13/h6-7,10-11,13,21H,2-5,8-9H2,1H3. The molecule has 6 nitrogen and oxygen atoms in total. The van der Waals surface area contributed by atoms with E-state index in [2.05, 4.69) is 5.32 Å². The molecule has 1 fully saturated rings. The molecule has 1 aliphatic carbocycles. The van der Waals surface area contributed by atoms with Gasteiger partial charge in [0.15, 0.2) is 0 Å². The zero-order chi connectivity index (χ0) is 18.7. The summed E-state index contributed by atoms with van der Waals surface area (Å²) in [6.45, 7) is 1.95. The Morgan fingerprint density at radius 2 is 1.96 bits per heavy atom. The van der Waals surface area contributed by atoms with E-state index in [1.165, 1.54) is 12.5 Å². The van der Waals surface area contributed by atoms with Crippen molar-refractivity contribution in [3.8, 4) is 0 Å². The van der Waals surface area contributed by atoms with E-state index >= 15 is 0 Å². The topological polar surface area (TPSA) is 75.7 Å². The fourth-order valence-electron chi connectivity index (χ4n) is 3.30. The molecule has 138 valence electrons. The highest BCUT2D eigenvalue weighted by atomic mass is 35.5. The second kappa shape index (κ2) is 7.91. The number of ether oxygens (including phenoxy) is 1. The Hall–Kier alpha value is -2.34. The van der Waals surface area contributed by atoms with Gasteiger partial charge in [0.25, 0.3) is 11.8 Å². The van der Waals surface area contributed by atoms with Gasteiger partial charge in [-0.1, -0.05) is 36.9 Å². The van der Waals surface area contributed by atoms with E-state index < -0.39 is 17.8 Å². The molecule has 0 atom stereocenters. The lowest BCUT2D eigenvalue weighted by molar-refractivity contribution is -0.120. The van der Waals surface area contributed by atoms with Gasteiger partial charge in [0.1, 0.15) is 10.7 Å². The summed E-state index contributed by atoms with van der Waals surface area (Å²) in [5, 5.41) is 3.04. The number of hydrogen-bond acceptors (Lipinski definition) is 5. The van der Waals surface area contributed by atoms with Gasteiger partial charge in [0.2, 0.25) is 0 Å². The van der Waals surface area contributed by atoms with E-state index in [4.69, 9.17) is 16.3 Å². The molecule has 1 N–H and O–H groups in total. The van der Waals surface area contributed by atoms with Crippen LogP contribution in [0.5, 0.6) is 0 Å². The van der Waals surface area contributed by atoms with Crippen LogP contribution in [0.15, 0.2) is 35.0 Å². The van der Waals surface area contributed by atoms with Crippen LogP contribution in [0.4, 0.5) is 5.69 Å². The van der Waals surface area contributed by atoms with Crippen molar-refractivity contribution in [3.05, 3.63) is 40.6 Å². The number of amides is 2. The Kier molecular flexibility index (Phi) is 5.61. The lowest BCUT2D eigenvalue weighted by atomic mass is 9.95. The van der Waals surface area contributed by atoms with Gasteiger partial charge in [0.05, 0.1) is 17.9 Å². The summed E-state index contributed by atoms with van der Waals surface area (Å²) in [5.41, 5.74) is 0.712. The van der Waals surface area contributed by atoms with Crippen LogP contribution in [0.25, 0.3) is 0 Å². The van der Waals surface area contributed by atoms with Crippen molar-refractivity contribution in [2.45, 2.75) is 45.1 Å². The molecule has 1 aromatic carbocycles. The monoisotopic (exact) mass is 376 g/mol. The summed E-state index contributed by atoms with van der Waals surface area (Å²) in [6, 6.07) is 6.37. The predicted octanol–water partition coefficient (Wildman–Crippen LogP) is 3.11. The van der Waals surface area contributed by atoms with Gasteiger partial charge in [0, 0.05) is 6.04 Å². The minimum Gasteiger partial charge on any atom is -0.462 e. The number of nitrogens with zero attached hydrogens (tertiary/aromatic N) is 1. The summed E-state index contributed by atoms with van der Waals surface area (Å²) in [7, 11) is 0. The van der Waals surface area contributed by atoms with Crippen molar-refractivity contribution >= 4 is 35.1 Å². The molecule has 0 radical (unpaired) electrons. The maximum atomic E-state index is 12.8. The van der Waals surface area contributed by atoms with Crippen LogP contribution < -0.4 is 10.2 Å². The van der Waals surface area contributed by atoms with E-state index in [1.54, 1.807) is 25.1 Å². The molecule has 1 heterocycles. The molecule has 0 saturated heterocycles. The molecule has 7 heteroatoms. The van der Waals surface area contributed by atoms with E-state index in [0.29, 0.717) is 5.69 Å². The van der Waals surface area contributed by atoms with Gasteiger partial charge in [-0.3, -0.25) is 9.59 Å². The lowest BCUT2D eigenvalue weighted by Gasteiger charge is -2.24. The summed E-state index contributed by atoms with van der Waals surface area (Å²) in [5.74, 6) is -1.59. The van der Waals surface area contributed by atoms with Crippen molar-refractivity contribution < 1.29 is 19.1 Å². The smallest absolute Gasteiger partial charge is 0.338 e. The SMILES string of the molecule is CCOC(=O)c1cccc(N2C(=O)C(Cl)=C(NC3CCCCC3)C2=O)c1. The molecule has 0 aromatic heterocycles. The average molecular weight is 377 g/mol. The van der Waals surface area contributed by atoms with Crippen LogP contribution in [0.1, 0.15) is 49.4 Å². The number of nitrogens with one attached hydrogen (secondary N) is 1. The minimum absolute atomic E-state index is 0.109. The van der Waals surface area contributed by atoms with Crippen molar-refractivity contribution in [2.24, 2.45) is 0 Å². The Balaban J connectivity index is 1.82. The normalized spacial score (nSPS) is 18.5. The molecule has 0 unspecified atom stereocenters. The van der Waals surface area contributed by atoms with Crippen LogP contribution in [0, 0.1) is 0 Å². The molecule has 0 spiro atoms. The third kappa shape index (κ3) is 3.60. The largest absolute Gasteiger partial charge is 0.462 e. The van der Waals surface area contributed by atoms with Crippen molar-refractivity contribution in [1.29, 1.82) is 0 Å². The number of rotatable bonds is 5. The number of halogens is 1. The molecule has 2 amide bonds. The van der Waals surface area contributed by atoms with Gasteiger partial charge < -0.3 is 10.1 Å². The quantitative estimate of drug-likeness (QED) is 0.631. The lowest BCUT2D eigenvalue weighted by Crippen LogP contribution is -2.37. The van der Waals surface area contributed by atoms with Crippen molar-refractivity contribution in [3.63, 3.8) is 0 Å². The first-order valence-electron chi connectivity index (χ1n) is 8.85. The van der Waals surface area contributed by atoms with Crippen LogP contribution in [-0.4, -0.2) is 30.4 Å². The number of benzene rings is 1. The Labute approximate surface area is 157 Å². The van der Waals surface area contributed by atoms with E-state index in [9.17, 15) is 14.4 Å². The van der Waals surface area contributed by atoms with Crippen molar-refractivity contribution in [1.82, 2.24) is 5.32 Å². The maximum absolute atomic E-state index is 12.8. The van der Waals surface area contributed by atoms with Crippen LogP contribution in [-0.2, 0) is 14.3 Å². The summed E-state index contributed by atoms with van der Waals surface area (Å²) >= 11 is 6.15. The molecule has 1 aliphatic heterocycles. The Morgan fingerprint density at radius 3 is 2.65 bits per heavy atom. The first-order valence-corrected chi connectivity index (χ1v) is 9.23. The van der Waals surface area contributed by atoms with Gasteiger partial charge in [-0.05, 0) is 38.0 Å². The first kappa shape index (κ1) is 18.5. The molecular weight excluding hydrogens is 356 g/mol. The van der Waals surface area contributed by atoms with Crippen LogP contribution in [0.2, 0.25) is 0 Å². The zero-order valence-corrected chi connectivity index (χ0v) is 15.3. The van der Waals surface area contributed by atoms with Gasteiger partial charge in [-0.25, -0.2) is 9.69 Å². The molecule has 26 heavy (non-hydrogen) atoms. The molecule has 3 rings (SSSR count). The molecular formula is C19H21ClN2O4. The Morgan fingerprint density at radius 1 is 1.23 bits per heavy atom. The maximum Gasteiger partial charge on any atom is 0.338 e. The van der Waals surface area contributed by atoms with E-state index in [-0.39, 0.29) is 28.9 Å². The van der Waals surface area contributed by atoms with Gasteiger partial charge >= 0.3 is 5.97 Å². The molecule has 2 aliphatic rings. The summed E-state index contributed by atoms with van der Waals surface area (Å²) in [4.78, 5) is 38.2. The molecule has 1 saturated carbocycles. The van der Waals surface area contributed by atoms with E-state index in [0.717, 1.165) is 30.6 Å². The highest BCUT2D eigenvalue weighted by Gasteiger charge is 2.39. The highest BCUT2D eigenvalue weighted by molar-refractivity contribution is 6.52. The molecule has 0 bridgehead atoms. The van der Waals surface area contributed by atoms with Gasteiger partial charge in [-0.2, -0.15) is 0 Å². The van der Waals surface area contributed by atoms with Crippen molar-refractivity contribution in [2.75, 3.05) is 11.5 Å². The number of esters is 1. The molecule has 1 aromatic rings. The second-order valence-electron chi connectivity index (χ2n) is 6.38. The first-order chi connectivity index (χ1) is 12.5. The average Bonchev–Trinajstić information content (AvgIpc) is 2.86. The van der Waals surface area contributed by atoms with Crippen LogP contribution in [0.3, 0.4) is 0 Å². The Bertz CT molecular complexity index is 769. The minimum atomic E-state index is -0.587. The zero-order valence-electron chi connectivity index (χ0n) is 14.6. The number of carbonyl (C=O) groups excluding carboxylic acids is 3. The third-order valence-electron chi connectivity index (χ3n) is 4.60. The highest BCUT2D eigenvalue weighted by Crippen LogP contribution is 2.30. The number of imide groups is 1. The fraction of sp³-hybridized carbons (Fsp3) is 0.421. The third-order valence-corrected chi connectivity index (χ3v) is 4.95. The van der Waals surface area contributed by atoms with Crippen LogP contribution >= 0.6 is 11.6 Å². The van der Waals surface area contributed by atoms with Gasteiger partial charge in [-0.15, -0.1) is 0 Å². The summed E-state index contributed by atoms with van der Waals surface area (Å²) in [6.07, 6.45) is 5.28. The number of anilines is 1. The van der Waals surface area contributed by atoms with E-state index in [1.807, 2.05) is 0 Å². The number of hydrogen-bond donors (Lipinski definition) is 1. The number of carbonyl (C=O) groups is 3. The second-order valence-corrected chi connectivity index (χ2v) is 6.76.